The molecule has 25 heavy (non-hydrogen) atoms. The summed E-state index contributed by atoms with van der Waals surface area (Å²) in [5.74, 6) is 1.25. The molecule has 1 unspecified atom stereocenters. The van der Waals surface area contributed by atoms with Crippen molar-refractivity contribution < 1.29 is 9.53 Å². The van der Waals surface area contributed by atoms with Crippen LogP contribution in [0.4, 0.5) is 11.9 Å². The van der Waals surface area contributed by atoms with Crippen LogP contribution in [0.5, 0.6) is 5.75 Å². The number of rotatable bonds is 5. The maximum absolute atomic E-state index is 12.3. The number of halogens is 1. The lowest BCUT2D eigenvalue weighted by molar-refractivity contribution is -0.122. The number of aromatic nitrogens is 3. The van der Waals surface area contributed by atoms with E-state index < -0.39 is 6.10 Å². The highest BCUT2D eigenvalue weighted by atomic mass is 35.5. The highest BCUT2D eigenvalue weighted by Gasteiger charge is 2.19. The Morgan fingerprint density at radius 3 is 2.84 bits per heavy atom. The van der Waals surface area contributed by atoms with Crippen LogP contribution in [0.3, 0.4) is 0 Å². The number of benzene rings is 1. The molecule has 0 aliphatic carbocycles. The number of carbonyl (C=O) groups is 1. The Morgan fingerprint density at radius 1 is 1.36 bits per heavy atom. The molecule has 1 aliphatic rings. The number of aromatic amines is 1. The molecule has 0 spiro atoms. The third-order valence-electron chi connectivity index (χ3n) is 4.17. The number of carbonyl (C=O) groups excluding carboxylic acids is 1. The van der Waals surface area contributed by atoms with Gasteiger partial charge in [0.05, 0.1) is 0 Å². The molecule has 0 bridgehead atoms. The minimum absolute atomic E-state index is 0.297. The van der Waals surface area contributed by atoms with Gasteiger partial charge >= 0.3 is 0 Å². The Hall–Kier alpha value is -2.28. The van der Waals surface area contributed by atoms with Crippen molar-refractivity contribution >= 4 is 29.4 Å². The minimum atomic E-state index is -0.677. The monoisotopic (exact) mass is 363 g/mol. The van der Waals surface area contributed by atoms with Crippen LogP contribution in [0.2, 0.25) is 5.02 Å². The van der Waals surface area contributed by atoms with E-state index in [9.17, 15) is 4.79 Å². The zero-order valence-corrected chi connectivity index (χ0v) is 15.1. The summed E-state index contributed by atoms with van der Waals surface area (Å²) >= 11 is 6.00. The molecule has 2 heterocycles. The minimum Gasteiger partial charge on any atom is -0.481 e. The first kappa shape index (κ1) is 17.5. The Labute approximate surface area is 151 Å². The first-order valence-corrected chi connectivity index (χ1v) is 8.82. The van der Waals surface area contributed by atoms with Gasteiger partial charge in [0.2, 0.25) is 11.9 Å². The van der Waals surface area contributed by atoms with Crippen LogP contribution in [0, 0.1) is 6.92 Å². The molecule has 3 rings (SSSR count). The standard InChI is InChI=1S/C17H22ClN5O2/c1-11-10-13(6-7-14(11)18)25-12(2)15(24)19-16-20-17(22-21-16)23-8-4-3-5-9-23/h6-7,10,12H,3-5,8-9H2,1-2H3,(H2,19,20,21,22,24). The highest BCUT2D eigenvalue weighted by molar-refractivity contribution is 6.31. The molecule has 0 radical (unpaired) electrons. The largest absolute Gasteiger partial charge is 0.481 e. The van der Waals surface area contributed by atoms with E-state index in [-0.39, 0.29) is 5.91 Å². The molecule has 1 aliphatic heterocycles. The second-order valence-electron chi connectivity index (χ2n) is 6.19. The topological polar surface area (TPSA) is 83.1 Å². The molecular formula is C17H22ClN5O2. The van der Waals surface area contributed by atoms with Crippen LogP contribution in [-0.2, 0) is 4.79 Å². The highest BCUT2D eigenvalue weighted by Crippen LogP contribution is 2.22. The van der Waals surface area contributed by atoms with Crippen LogP contribution in [-0.4, -0.2) is 40.3 Å². The number of piperidine rings is 1. The van der Waals surface area contributed by atoms with Crippen molar-refractivity contribution in [2.75, 3.05) is 23.3 Å². The van der Waals surface area contributed by atoms with Gasteiger partial charge in [0, 0.05) is 18.1 Å². The van der Waals surface area contributed by atoms with Crippen LogP contribution >= 0.6 is 11.6 Å². The van der Waals surface area contributed by atoms with Crippen LogP contribution < -0.4 is 15.0 Å². The lowest BCUT2D eigenvalue weighted by Gasteiger charge is -2.24. The van der Waals surface area contributed by atoms with Crippen LogP contribution in [0.15, 0.2) is 18.2 Å². The summed E-state index contributed by atoms with van der Waals surface area (Å²) in [7, 11) is 0. The summed E-state index contributed by atoms with van der Waals surface area (Å²) in [5, 5.41) is 10.3. The fraction of sp³-hybridized carbons (Fsp3) is 0.471. The van der Waals surface area contributed by atoms with Gasteiger partial charge in [-0.15, -0.1) is 5.10 Å². The number of aryl methyl sites for hydroxylation is 1. The number of hydrogen-bond acceptors (Lipinski definition) is 5. The van der Waals surface area contributed by atoms with Gasteiger partial charge in [-0.3, -0.25) is 10.1 Å². The number of hydrogen-bond donors (Lipinski definition) is 2. The van der Waals surface area contributed by atoms with Gasteiger partial charge in [-0.05, 0) is 56.9 Å². The van der Waals surface area contributed by atoms with Gasteiger partial charge in [0.25, 0.3) is 5.91 Å². The maximum atomic E-state index is 12.3. The van der Waals surface area contributed by atoms with Gasteiger partial charge in [0.15, 0.2) is 6.10 Å². The van der Waals surface area contributed by atoms with E-state index in [4.69, 9.17) is 16.3 Å². The van der Waals surface area contributed by atoms with Crippen LogP contribution in [0.1, 0.15) is 31.7 Å². The van der Waals surface area contributed by atoms with Crippen molar-refractivity contribution in [3.63, 3.8) is 0 Å². The average molecular weight is 364 g/mol. The molecule has 1 atom stereocenters. The maximum Gasteiger partial charge on any atom is 0.267 e. The molecule has 0 saturated carbocycles. The van der Waals surface area contributed by atoms with Crippen molar-refractivity contribution in [1.29, 1.82) is 0 Å². The first-order chi connectivity index (χ1) is 12.0. The second kappa shape index (κ2) is 7.74. The molecule has 1 amide bonds. The summed E-state index contributed by atoms with van der Waals surface area (Å²) < 4.78 is 5.66. The van der Waals surface area contributed by atoms with Gasteiger partial charge in [-0.2, -0.15) is 4.98 Å². The molecular weight excluding hydrogens is 342 g/mol. The Bertz CT molecular complexity index is 742. The number of anilines is 2. The fourth-order valence-corrected chi connectivity index (χ4v) is 2.83. The zero-order chi connectivity index (χ0) is 17.8. The number of ether oxygens (including phenoxy) is 1. The van der Waals surface area contributed by atoms with E-state index in [0.717, 1.165) is 31.5 Å². The van der Waals surface area contributed by atoms with Crippen molar-refractivity contribution in [2.45, 2.75) is 39.2 Å². The summed E-state index contributed by atoms with van der Waals surface area (Å²) in [6, 6.07) is 5.29. The normalized spacial score (nSPS) is 15.7. The van der Waals surface area contributed by atoms with Gasteiger partial charge in [-0.1, -0.05) is 11.6 Å². The van der Waals surface area contributed by atoms with Crippen LogP contribution in [0.25, 0.3) is 0 Å². The average Bonchev–Trinajstić information content (AvgIpc) is 3.07. The van der Waals surface area contributed by atoms with Crippen molar-refractivity contribution in [1.82, 2.24) is 15.2 Å². The third-order valence-corrected chi connectivity index (χ3v) is 4.59. The lowest BCUT2D eigenvalue weighted by atomic mass is 10.1. The summed E-state index contributed by atoms with van der Waals surface area (Å²) in [5.41, 5.74) is 0.896. The molecule has 7 nitrogen and oxygen atoms in total. The first-order valence-electron chi connectivity index (χ1n) is 8.44. The van der Waals surface area contributed by atoms with E-state index in [1.54, 1.807) is 25.1 Å². The van der Waals surface area contributed by atoms with Crippen molar-refractivity contribution in [3.05, 3.63) is 28.8 Å². The Kier molecular flexibility index (Phi) is 5.43. The molecule has 1 aromatic heterocycles. The van der Waals surface area contributed by atoms with Gasteiger partial charge < -0.3 is 9.64 Å². The second-order valence-corrected chi connectivity index (χ2v) is 6.60. The van der Waals surface area contributed by atoms with E-state index in [2.05, 4.69) is 25.4 Å². The quantitative estimate of drug-likeness (QED) is 0.852. The molecule has 2 aromatic rings. The third kappa shape index (κ3) is 4.42. The van der Waals surface area contributed by atoms with Gasteiger partial charge in [-0.25, -0.2) is 5.10 Å². The number of H-pyrrole nitrogens is 1. The van der Waals surface area contributed by atoms with E-state index in [1.165, 1.54) is 6.42 Å². The molecule has 1 saturated heterocycles. The predicted octanol–water partition coefficient (Wildman–Crippen LogP) is 3.16. The van der Waals surface area contributed by atoms with Crippen molar-refractivity contribution in [2.24, 2.45) is 0 Å². The van der Waals surface area contributed by atoms with E-state index in [0.29, 0.717) is 22.7 Å². The number of amides is 1. The fourth-order valence-electron chi connectivity index (χ4n) is 2.71. The zero-order valence-electron chi connectivity index (χ0n) is 14.4. The SMILES string of the molecule is Cc1cc(OC(C)C(=O)Nc2nc(N3CCCCC3)n[nH]2)ccc1Cl. The molecule has 1 fully saturated rings. The Balaban J connectivity index is 1.57. The number of nitrogens with one attached hydrogen (secondary N) is 2. The molecule has 134 valence electrons. The Morgan fingerprint density at radius 2 is 2.12 bits per heavy atom. The van der Waals surface area contributed by atoms with Gasteiger partial charge in [0.1, 0.15) is 5.75 Å². The smallest absolute Gasteiger partial charge is 0.267 e. The number of nitrogens with zero attached hydrogens (tertiary/aromatic N) is 3. The van der Waals surface area contributed by atoms with E-state index in [1.807, 2.05) is 6.92 Å². The summed E-state index contributed by atoms with van der Waals surface area (Å²) in [6.45, 7) is 5.46. The van der Waals surface area contributed by atoms with E-state index >= 15 is 0 Å². The predicted molar refractivity (Wildman–Crippen MR) is 97.4 cm³/mol. The molecule has 8 heteroatoms. The summed E-state index contributed by atoms with van der Waals surface area (Å²) in [4.78, 5) is 18.8. The lowest BCUT2D eigenvalue weighted by Crippen LogP contribution is -2.31. The van der Waals surface area contributed by atoms with Crippen molar-refractivity contribution in [3.8, 4) is 5.75 Å². The molecule has 1 aromatic carbocycles. The summed E-state index contributed by atoms with van der Waals surface area (Å²) in [6.07, 6.45) is 2.84. The molecule has 2 N–H and O–H groups in total.